The Bertz CT molecular complexity index is 624. The molecule has 0 saturated carbocycles. The Morgan fingerprint density at radius 2 is 2.15 bits per heavy atom. The van der Waals surface area contributed by atoms with Gasteiger partial charge in [-0.15, -0.1) is 35.3 Å². The van der Waals surface area contributed by atoms with E-state index in [9.17, 15) is 9.59 Å². The monoisotopic (exact) mass is 508 g/mol. The largest absolute Gasteiger partial charge is 0.469 e. The van der Waals surface area contributed by atoms with Crippen LogP contribution in [0.25, 0.3) is 0 Å². The maximum atomic E-state index is 11.9. The third-order valence-electron chi connectivity index (χ3n) is 4.38. The highest BCUT2D eigenvalue weighted by Gasteiger charge is 2.36. The highest BCUT2D eigenvalue weighted by Crippen LogP contribution is 2.24. The van der Waals surface area contributed by atoms with Gasteiger partial charge in [0.2, 0.25) is 0 Å². The Labute approximate surface area is 182 Å². The zero-order chi connectivity index (χ0) is 18.9. The minimum Gasteiger partial charge on any atom is -0.469 e. The van der Waals surface area contributed by atoms with Crippen molar-refractivity contribution >= 4 is 53.1 Å². The Morgan fingerprint density at radius 3 is 2.78 bits per heavy atom. The number of likely N-dealkylation sites (tertiary alicyclic amines) is 1. The second-order valence-electron chi connectivity index (χ2n) is 6.33. The number of hydrogen-bond acceptors (Lipinski definition) is 5. The van der Waals surface area contributed by atoms with Gasteiger partial charge in [-0.3, -0.25) is 14.6 Å². The van der Waals surface area contributed by atoms with Crippen LogP contribution in [0.3, 0.4) is 0 Å². The van der Waals surface area contributed by atoms with Crippen LogP contribution in [0.5, 0.6) is 0 Å². The smallest absolute Gasteiger partial charge is 0.310 e. The van der Waals surface area contributed by atoms with Crippen LogP contribution in [-0.2, 0) is 9.53 Å². The van der Waals surface area contributed by atoms with Crippen LogP contribution >= 0.6 is 35.3 Å². The molecule has 1 saturated heterocycles. The average Bonchev–Trinajstić information content (AvgIpc) is 3.29. The van der Waals surface area contributed by atoms with Crippen LogP contribution in [-0.4, -0.2) is 62.6 Å². The van der Waals surface area contributed by atoms with Crippen molar-refractivity contribution in [2.24, 2.45) is 16.8 Å². The number of nitrogens with one attached hydrogen (secondary N) is 2. The topological polar surface area (TPSA) is 83.0 Å². The Hall–Kier alpha value is -1.36. The number of esters is 1. The Kier molecular flexibility index (Phi) is 10.7. The van der Waals surface area contributed by atoms with Crippen molar-refractivity contribution in [2.75, 3.05) is 39.8 Å². The number of nitrogens with zero attached hydrogens (tertiary/aromatic N) is 2. The first-order chi connectivity index (χ1) is 12.6. The number of halogens is 1. The minimum absolute atomic E-state index is 0. The van der Waals surface area contributed by atoms with Gasteiger partial charge in [-0.1, -0.05) is 13.0 Å². The van der Waals surface area contributed by atoms with E-state index in [1.165, 1.54) is 18.4 Å². The Morgan fingerprint density at radius 1 is 1.37 bits per heavy atom. The zero-order valence-electron chi connectivity index (χ0n) is 16.1. The first-order valence-corrected chi connectivity index (χ1v) is 9.87. The molecule has 2 N–H and O–H groups in total. The number of carbonyl (C=O) groups is 2. The molecule has 0 spiro atoms. The fourth-order valence-corrected chi connectivity index (χ4v) is 3.62. The number of carbonyl (C=O) groups excluding carboxylic acids is 2. The van der Waals surface area contributed by atoms with Crippen LogP contribution in [0.15, 0.2) is 22.5 Å². The van der Waals surface area contributed by atoms with Gasteiger partial charge in [0.15, 0.2) is 5.96 Å². The highest BCUT2D eigenvalue weighted by atomic mass is 127. The summed E-state index contributed by atoms with van der Waals surface area (Å²) < 4.78 is 4.89. The lowest BCUT2D eigenvalue weighted by molar-refractivity contribution is -0.145. The molecule has 27 heavy (non-hydrogen) atoms. The van der Waals surface area contributed by atoms with Crippen molar-refractivity contribution in [1.82, 2.24) is 15.5 Å². The fourth-order valence-electron chi connectivity index (χ4n) is 2.98. The maximum Gasteiger partial charge on any atom is 0.310 e. The molecule has 7 nitrogen and oxygen atoms in total. The molecule has 2 unspecified atom stereocenters. The standard InChI is InChI=1S/C18H28N4O3S.HI/c1-4-19-18(22-11-13(2)14(12-22)17(24)25-3)21-9-6-8-20-16(23)15-7-5-10-26-15;/h5,7,10,13-14H,4,6,8-9,11-12H2,1-3H3,(H,19,21)(H,20,23);1H. The number of thiophene rings is 1. The van der Waals surface area contributed by atoms with Crippen LogP contribution in [0.2, 0.25) is 0 Å². The summed E-state index contributed by atoms with van der Waals surface area (Å²) in [5, 5.41) is 8.08. The fraction of sp³-hybridized carbons (Fsp3) is 0.611. The number of guanidine groups is 1. The Balaban J connectivity index is 0.00000364. The molecular formula is C18H29IN4O3S. The predicted octanol–water partition coefficient (Wildman–Crippen LogP) is 2.19. The molecule has 9 heteroatoms. The van der Waals surface area contributed by atoms with Gasteiger partial charge in [0.1, 0.15) is 0 Å². The van der Waals surface area contributed by atoms with Crippen molar-refractivity contribution in [2.45, 2.75) is 20.3 Å². The van der Waals surface area contributed by atoms with Gasteiger partial charge in [0.25, 0.3) is 5.91 Å². The second-order valence-corrected chi connectivity index (χ2v) is 7.28. The first kappa shape index (κ1) is 23.7. The predicted molar refractivity (Wildman–Crippen MR) is 119 cm³/mol. The van der Waals surface area contributed by atoms with Gasteiger partial charge in [-0.25, -0.2) is 0 Å². The van der Waals surface area contributed by atoms with E-state index < -0.39 is 0 Å². The molecule has 1 fully saturated rings. The van der Waals surface area contributed by atoms with E-state index in [-0.39, 0.29) is 47.7 Å². The van der Waals surface area contributed by atoms with E-state index in [0.717, 1.165) is 30.3 Å². The molecule has 2 rings (SSSR count). The van der Waals surface area contributed by atoms with Gasteiger partial charge >= 0.3 is 5.97 Å². The maximum absolute atomic E-state index is 11.9. The summed E-state index contributed by atoms with van der Waals surface area (Å²) in [6.45, 7) is 7.44. The highest BCUT2D eigenvalue weighted by molar-refractivity contribution is 14.0. The molecule has 1 aromatic rings. The van der Waals surface area contributed by atoms with Crippen molar-refractivity contribution in [3.05, 3.63) is 22.4 Å². The number of rotatable bonds is 7. The number of hydrogen-bond donors (Lipinski definition) is 2. The van der Waals surface area contributed by atoms with Gasteiger partial charge < -0.3 is 20.3 Å². The molecule has 1 amide bonds. The number of ether oxygens (including phenoxy) is 1. The molecule has 2 heterocycles. The van der Waals surface area contributed by atoms with Crippen LogP contribution < -0.4 is 10.6 Å². The van der Waals surface area contributed by atoms with Crippen LogP contribution in [0, 0.1) is 11.8 Å². The third kappa shape index (κ3) is 6.95. The third-order valence-corrected chi connectivity index (χ3v) is 5.25. The molecule has 1 aliphatic heterocycles. The SMILES string of the molecule is CCNC(=NCCCNC(=O)c1cccs1)N1CC(C)C(C(=O)OC)C1.I. The molecule has 0 aliphatic carbocycles. The normalized spacial score (nSPS) is 19.4. The van der Waals surface area contributed by atoms with Gasteiger partial charge in [0, 0.05) is 32.7 Å². The molecule has 152 valence electrons. The molecular weight excluding hydrogens is 479 g/mol. The minimum atomic E-state index is -0.160. The van der Waals surface area contributed by atoms with Crippen LogP contribution in [0.4, 0.5) is 0 Å². The van der Waals surface area contributed by atoms with Gasteiger partial charge in [0.05, 0.1) is 17.9 Å². The van der Waals surface area contributed by atoms with Gasteiger partial charge in [-0.05, 0) is 30.7 Å². The van der Waals surface area contributed by atoms with Gasteiger partial charge in [-0.2, -0.15) is 0 Å². The van der Waals surface area contributed by atoms with E-state index in [1.54, 1.807) is 0 Å². The molecule has 0 radical (unpaired) electrons. The lowest BCUT2D eigenvalue weighted by Gasteiger charge is -2.21. The van der Waals surface area contributed by atoms with E-state index in [4.69, 9.17) is 4.74 Å². The summed E-state index contributed by atoms with van der Waals surface area (Å²) in [5.74, 6) is 0.734. The lowest BCUT2D eigenvalue weighted by atomic mass is 9.99. The summed E-state index contributed by atoms with van der Waals surface area (Å²) in [5.41, 5.74) is 0. The summed E-state index contributed by atoms with van der Waals surface area (Å²) >= 11 is 1.43. The molecule has 2 atom stereocenters. The quantitative estimate of drug-likeness (QED) is 0.194. The first-order valence-electron chi connectivity index (χ1n) is 8.99. The molecule has 0 bridgehead atoms. The van der Waals surface area contributed by atoms with E-state index in [1.807, 2.05) is 24.4 Å². The summed E-state index contributed by atoms with van der Waals surface area (Å²) in [6.07, 6.45) is 0.760. The summed E-state index contributed by atoms with van der Waals surface area (Å²) in [4.78, 5) is 31.2. The number of methoxy groups -OCH3 is 1. The number of amides is 1. The van der Waals surface area contributed by atoms with Crippen molar-refractivity contribution < 1.29 is 14.3 Å². The van der Waals surface area contributed by atoms with Crippen molar-refractivity contribution in [3.8, 4) is 0 Å². The zero-order valence-corrected chi connectivity index (χ0v) is 19.2. The average molecular weight is 508 g/mol. The van der Waals surface area contributed by atoms with E-state index >= 15 is 0 Å². The molecule has 0 aromatic carbocycles. The molecule has 1 aliphatic rings. The summed E-state index contributed by atoms with van der Waals surface area (Å²) in [7, 11) is 1.43. The van der Waals surface area contributed by atoms with E-state index in [0.29, 0.717) is 19.6 Å². The van der Waals surface area contributed by atoms with E-state index in [2.05, 4.69) is 27.4 Å². The van der Waals surface area contributed by atoms with Crippen molar-refractivity contribution in [3.63, 3.8) is 0 Å². The lowest BCUT2D eigenvalue weighted by Crippen LogP contribution is -2.40. The van der Waals surface area contributed by atoms with Crippen molar-refractivity contribution in [1.29, 1.82) is 0 Å². The molecule has 1 aromatic heterocycles. The summed E-state index contributed by atoms with van der Waals surface area (Å²) in [6, 6.07) is 3.68. The van der Waals surface area contributed by atoms with Crippen LogP contribution in [0.1, 0.15) is 29.9 Å². The number of aliphatic imine (C=N–C) groups is 1. The second kappa shape index (κ2) is 12.2.